The number of thioether (sulfide) groups is 1. The van der Waals surface area contributed by atoms with Crippen LogP contribution in [-0.4, -0.2) is 29.5 Å². The van der Waals surface area contributed by atoms with E-state index in [-0.39, 0.29) is 18.3 Å². The Labute approximate surface area is 241 Å². The minimum atomic E-state index is -0.703. The number of esters is 1. The highest BCUT2D eigenvalue weighted by atomic mass is 32.2. The first kappa shape index (κ1) is 27.7. The Morgan fingerprint density at radius 1 is 1.05 bits per heavy atom. The highest BCUT2D eigenvalue weighted by molar-refractivity contribution is 7.98. The van der Waals surface area contributed by atoms with Gasteiger partial charge in [0.15, 0.2) is 4.80 Å². The van der Waals surface area contributed by atoms with Gasteiger partial charge in [-0.25, -0.2) is 9.79 Å². The molecule has 40 heavy (non-hydrogen) atoms. The van der Waals surface area contributed by atoms with Gasteiger partial charge in [0.25, 0.3) is 5.56 Å². The zero-order valence-electron chi connectivity index (χ0n) is 22.8. The number of benzene rings is 3. The molecule has 1 aromatic heterocycles. The molecule has 0 radical (unpaired) electrons. The summed E-state index contributed by atoms with van der Waals surface area (Å²) in [5.41, 5.74) is 3.01. The van der Waals surface area contributed by atoms with Crippen LogP contribution < -0.4 is 19.6 Å². The molecule has 0 unspecified atom stereocenters. The molecule has 1 atom stereocenters. The van der Waals surface area contributed by atoms with Crippen LogP contribution in [0.25, 0.3) is 11.8 Å². The van der Waals surface area contributed by atoms with Crippen molar-refractivity contribution < 1.29 is 14.3 Å². The summed E-state index contributed by atoms with van der Waals surface area (Å²) >= 11 is 2.93. The predicted octanol–water partition coefficient (Wildman–Crippen LogP) is 5.44. The lowest BCUT2D eigenvalue weighted by Gasteiger charge is -2.26. The fourth-order valence-corrected chi connectivity index (χ4v) is 6.04. The van der Waals surface area contributed by atoms with Crippen LogP contribution in [0.15, 0.2) is 99.1 Å². The third-order valence-electron chi connectivity index (χ3n) is 6.37. The number of ether oxygens (including phenoxy) is 2. The van der Waals surface area contributed by atoms with Crippen LogP contribution in [0.2, 0.25) is 0 Å². The summed E-state index contributed by atoms with van der Waals surface area (Å²) in [6, 6.07) is 24.4. The van der Waals surface area contributed by atoms with Gasteiger partial charge in [0.2, 0.25) is 0 Å². The topological polar surface area (TPSA) is 69.9 Å². The van der Waals surface area contributed by atoms with E-state index in [0.29, 0.717) is 26.4 Å². The van der Waals surface area contributed by atoms with E-state index in [4.69, 9.17) is 14.5 Å². The molecule has 0 aliphatic carbocycles. The molecule has 4 aromatic rings. The molecule has 0 amide bonds. The molecule has 6 nitrogen and oxygen atoms in total. The number of carbonyl (C=O) groups excluding carboxylic acids is 1. The van der Waals surface area contributed by atoms with Crippen molar-refractivity contribution in [2.45, 2.75) is 37.8 Å². The van der Waals surface area contributed by atoms with Crippen molar-refractivity contribution >= 4 is 40.8 Å². The summed E-state index contributed by atoms with van der Waals surface area (Å²) in [7, 11) is 0. The van der Waals surface area contributed by atoms with Crippen molar-refractivity contribution in [3.63, 3.8) is 0 Å². The molecule has 0 saturated carbocycles. The summed E-state index contributed by atoms with van der Waals surface area (Å²) in [5, 5.41) is 0. The lowest BCUT2D eigenvalue weighted by Crippen LogP contribution is -2.40. The second-order valence-electron chi connectivity index (χ2n) is 9.41. The van der Waals surface area contributed by atoms with Crippen molar-refractivity contribution in [1.82, 2.24) is 4.57 Å². The van der Waals surface area contributed by atoms with E-state index in [2.05, 4.69) is 0 Å². The molecule has 0 spiro atoms. The monoisotopic (exact) mass is 570 g/mol. The van der Waals surface area contributed by atoms with E-state index in [0.717, 1.165) is 21.6 Å². The molecule has 3 aromatic carbocycles. The Morgan fingerprint density at radius 2 is 1.75 bits per heavy atom. The van der Waals surface area contributed by atoms with Crippen molar-refractivity contribution in [3.8, 4) is 5.75 Å². The van der Waals surface area contributed by atoms with Crippen LogP contribution >= 0.6 is 23.1 Å². The average molecular weight is 571 g/mol. The van der Waals surface area contributed by atoms with Crippen molar-refractivity contribution in [1.29, 1.82) is 0 Å². The number of hydrogen-bond donors (Lipinski definition) is 0. The van der Waals surface area contributed by atoms with Gasteiger partial charge < -0.3 is 9.47 Å². The van der Waals surface area contributed by atoms with Gasteiger partial charge in [-0.15, -0.1) is 11.8 Å². The molecule has 8 heteroatoms. The van der Waals surface area contributed by atoms with Crippen molar-refractivity contribution in [3.05, 3.63) is 121 Å². The van der Waals surface area contributed by atoms with E-state index in [1.165, 1.54) is 11.3 Å². The number of nitrogens with zero attached hydrogens (tertiary/aromatic N) is 2. The third kappa shape index (κ3) is 5.55. The quantitative estimate of drug-likeness (QED) is 0.208. The number of carbonyl (C=O) groups is 1. The van der Waals surface area contributed by atoms with Crippen LogP contribution in [0.1, 0.15) is 43.5 Å². The van der Waals surface area contributed by atoms with E-state index in [1.807, 2.05) is 105 Å². The molecule has 204 valence electrons. The Kier molecular flexibility index (Phi) is 8.38. The van der Waals surface area contributed by atoms with Crippen LogP contribution in [0.3, 0.4) is 0 Å². The molecule has 0 fully saturated rings. The maximum Gasteiger partial charge on any atom is 0.338 e. The van der Waals surface area contributed by atoms with E-state index in [9.17, 15) is 9.59 Å². The lowest BCUT2D eigenvalue weighted by molar-refractivity contribution is -0.138. The largest absolute Gasteiger partial charge is 0.490 e. The fourth-order valence-electron chi connectivity index (χ4n) is 4.64. The number of rotatable bonds is 8. The number of para-hydroxylation sites is 1. The van der Waals surface area contributed by atoms with Gasteiger partial charge in [0.1, 0.15) is 5.75 Å². The highest BCUT2D eigenvalue weighted by Gasteiger charge is 2.35. The van der Waals surface area contributed by atoms with Gasteiger partial charge in [0, 0.05) is 16.0 Å². The average Bonchev–Trinajstić information content (AvgIpc) is 3.28. The van der Waals surface area contributed by atoms with E-state index < -0.39 is 12.0 Å². The first-order valence-corrected chi connectivity index (χ1v) is 15.1. The zero-order valence-corrected chi connectivity index (χ0v) is 24.4. The zero-order chi connectivity index (χ0) is 28.2. The number of hydrogen-bond acceptors (Lipinski definition) is 7. The Morgan fingerprint density at radius 3 is 2.42 bits per heavy atom. The Balaban J connectivity index is 1.80. The SMILES string of the molecule is CCOC(=O)C1=C(c2ccccc2)N=c2s/c(=C\c3ccccc3OC(C)C)c(=O)n2[C@@H]1c1ccc(SC)cc1. The molecular formula is C32H30N2O4S2. The van der Waals surface area contributed by atoms with E-state index >= 15 is 0 Å². The van der Waals surface area contributed by atoms with Crippen LogP contribution in [0, 0.1) is 0 Å². The van der Waals surface area contributed by atoms with Gasteiger partial charge >= 0.3 is 5.97 Å². The van der Waals surface area contributed by atoms with Gasteiger partial charge in [-0.1, -0.05) is 72.0 Å². The number of thiazole rings is 1. The molecule has 2 heterocycles. The van der Waals surface area contributed by atoms with Crippen LogP contribution in [0.5, 0.6) is 5.75 Å². The smallest absolute Gasteiger partial charge is 0.338 e. The van der Waals surface area contributed by atoms with Crippen molar-refractivity contribution in [2.75, 3.05) is 12.9 Å². The highest BCUT2D eigenvalue weighted by Crippen LogP contribution is 2.35. The lowest BCUT2D eigenvalue weighted by atomic mass is 9.93. The minimum Gasteiger partial charge on any atom is -0.490 e. The molecule has 0 N–H and O–H groups in total. The molecule has 0 saturated heterocycles. The Bertz CT molecular complexity index is 1740. The molecule has 0 bridgehead atoms. The van der Waals surface area contributed by atoms with E-state index in [1.54, 1.807) is 23.3 Å². The van der Waals surface area contributed by atoms with Gasteiger partial charge in [0.05, 0.1) is 34.6 Å². The van der Waals surface area contributed by atoms with Crippen molar-refractivity contribution in [2.24, 2.45) is 4.99 Å². The standard InChI is InChI=1S/C32H30N2O4S2/c1-5-37-31(36)27-28(21-11-7-6-8-12-21)33-32-34(29(27)22-15-17-24(39-4)18-16-22)30(35)26(40-32)19-23-13-9-10-14-25(23)38-20(2)3/h6-20,29H,5H2,1-4H3/b26-19-/t29-/m1/s1. The maximum absolute atomic E-state index is 14.1. The Hall–Kier alpha value is -3.88. The molecule has 1 aliphatic heterocycles. The number of fused-ring (bicyclic) bond motifs is 1. The fraction of sp³-hybridized carbons (Fsp3) is 0.219. The minimum absolute atomic E-state index is 0.0133. The number of aromatic nitrogens is 1. The predicted molar refractivity (Wildman–Crippen MR) is 161 cm³/mol. The van der Waals surface area contributed by atoms with Crippen LogP contribution in [0.4, 0.5) is 0 Å². The molecule has 1 aliphatic rings. The summed E-state index contributed by atoms with van der Waals surface area (Å²) in [6.45, 7) is 5.92. The summed E-state index contributed by atoms with van der Waals surface area (Å²) in [4.78, 5) is 34.2. The van der Waals surface area contributed by atoms with Gasteiger partial charge in [-0.3, -0.25) is 9.36 Å². The second kappa shape index (κ2) is 12.1. The molecule has 5 rings (SSSR count). The normalized spacial score (nSPS) is 15.1. The van der Waals surface area contributed by atoms with Crippen LogP contribution in [-0.2, 0) is 9.53 Å². The first-order valence-electron chi connectivity index (χ1n) is 13.1. The third-order valence-corrected chi connectivity index (χ3v) is 8.10. The van der Waals surface area contributed by atoms with Gasteiger partial charge in [-0.05, 0) is 56.9 Å². The second-order valence-corrected chi connectivity index (χ2v) is 11.3. The summed E-state index contributed by atoms with van der Waals surface area (Å²) in [5.74, 6) is 0.207. The summed E-state index contributed by atoms with van der Waals surface area (Å²) in [6.07, 6.45) is 3.84. The first-order chi connectivity index (χ1) is 19.4. The molecular weight excluding hydrogens is 540 g/mol. The van der Waals surface area contributed by atoms with Gasteiger partial charge in [-0.2, -0.15) is 0 Å². The maximum atomic E-state index is 14.1. The summed E-state index contributed by atoms with van der Waals surface area (Å²) < 4.78 is 13.7.